The van der Waals surface area contributed by atoms with Gasteiger partial charge in [-0.25, -0.2) is 0 Å². The number of hydrazone groups is 1. The molecule has 3 aromatic carbocycles. The lowest BCUT2D eigenvalue weighted by molar-refractivity contribution is -0.918. The van der Waals surface area contributed by atoms with Gasteiger partial charge in [0.05, 0.1) is 32.4 Å². The molecule has 2 N–H and O–H groups in total. The molecule has 1 fully saturated rings. The van der Waals surface area contributed by atoms with E-state index in [9.17, 15) is 5.11 Å². The minimum Gasteiger partial charge on any atom is -0.507 e. The van der Waals surface area contributed by atoms with Gasteiger partial charge in [0.25, 0.3) is 0 Å². The number of aromatic hydroxyl groups is 1. The predicted octanol–water partition coefficient (Wildman–Crippen LogP) is 2.90. The Kier molecular flexibility index (Phi) is 5.31. The molecule has 4 nitrogen and oxygen atoms in total. The summed E-state index contributed by atoms with van der Waals surface area (Å²) in [5.74, 6) is 0.279. The standard InChI is InChI=1S/C24H27N3O/c1-18-7-8-21(19(2)15-18)17-26-11-13-27(14-12-26)25-16-23-22-6-4-3-5-20(22)9-10-24(23)28/h3-10,15-16,28H,11-14,17H2,1-2H3/p+1/b25-16+. The molecule has 1 aliphatic heterocycles. The number of hydrogen-bond donors (Lipinski definition) is 2. The fourth-order valence-electron chi connectivity index (χ4n) is 3.98. The van der Waals surface area contributed by atoms with Crippen molar-refractivity contribution in [2.24, 2.45) is 5.10 Å². The fourth-order valence-corrected chi connectivity index (χ4v) is 3.98. The monoisotopic (exact) mass is 374 g/mol. The van der Waals surface area contributed by atoms with Crippen molar-refractivity contribution in [3.8, 4) is 5.75 Å². The van der Waals surface area contributed by atoms with Gasteiger partial charge in [-0.1, -0.05) is 54.1 Å². The summed E-state index contributed by atoms with van der Waals surface area (Å²) in [5, 5.41) is 19.2. The van der Waals surface area contributed by atoms with Crippen LogP contribution in [0.25, 0.3) is 10.8 Å². The molecular weight excluding hydrogens is 346 g/mol. The molecule has 0 atom stereocenters. The minimum atomic E-state index is 0.279. The van der Waals surface area contributed by atoms with Gasteiger partial charge in [0.1, 0.15) is 12.3 Å². The molecule has 0 amide bonds. The Morgan fingerprint density at radius 2 is 1.82 bits per heavy atom. The van der Waals surface area contributed by atoms with Gasteiger partial charge in [-0.15, -0.1) is 0 Å². The van der Waals surface area contributed by atoms with Crippen LogP contribution in [-0.2, 0) is 6.54 Å². The van der Waals surface area contributed by atoms with Crippen LogP contribution in [0.4, 0.5) is 0 Å². The van der Waals surface area contributed by atoms with Crippen LogP contribution in [0.5, 0.6) is 5.75 Å². The van der Waals surface area contributed by atoms with E-state index in [-0.39, 0.29) is 5.75 Å². The number of benzene rings is 3. The Hall–Kier alpha value is -2.85. The van der Waals surface area contributed by atoms with Crippen molar-refractivity contribution in [1.29, 1.82) is 0 Å². The van der Waals surface area contributed by atoms with Crippen LogP contribution < -0.4 is 4.90 Å². The van der Waals surface area contributed by atoms with Crippen molar-refractivity contribution in [1.82, 2.24) is 5.01 Å². The average molecular weight is 375 g/mol. The Morgan fingerprint density at radius 1 is 1.04 bits per heavy atom. The highest BCUT2D eigenvalue weighted by Crippen LogP contribution is 2.25. The van der Waals surface area contributed by atoms with E-state index >= 15 is 0 Å². The summed E-state index contributed by atoms with van der Waals surface area (Å²) < 4.78 is 0. The van der Waals surface area contributed by atoms with Crippen LogP contribution in [0.15, 0.2) is 59.7 Å². The van der Waals surface area contributed by atoms with Gasteiger partial charge >= 0.3 is 0 Å². The normalized spacial score (nSPS) is 15.6. The molecule has 1 aliphatic rings. The number of fused-ring (bicyclic) bond motifs is 1. The second-order valence-electron chi connectivity index (χ2n) is 7.77. The third-order valence-corrected chi connectivity index (χ3v) is 5.68. The highest BCUT2D eigenvalue weighted by Gasteiger charge is 2.19. The summed E-state index contributed by atoms with van der Waals surface area (Å²) >= 11 is 0. The lowest BCUT2D eigenvalue weighted by Crippen LogP contribution is -3.13. The van der Waals surface area contributed by atoms with Gasteiger partial charge in [0, 0.05) is 11.1 Å². The quantitative estimate of drug-likeness (QED) is 0.690. The van der Waals surface area contributed by atoms with E-state index < -0.39 is 0 Å². The second-order valence-corrected chi connectivity index (χ2v) is 7.77. The van der Waals surface area contributed by atoms with Crippen molar-refractivity contribution < 1.29 is 10.0 Å². The Labute approximate surface area is 166 Å². The highest BCUT2D eigenvalue weighted by molar-refractivity contribution is 6.02. The lowest BCUT2D eigenvalue weighted by atomic mass is 10.0. The van der Waals surface area contributed by atoms with Crippen LogP contribution in [0, 0.1) is 13.8 Å². The lowest BCUT2D eigenvalue weighted by Gasteiger charge is -2.30. The molecule has 0 radical (unpaired) electrons. The summed E-state index contributed by atoms with van der Waals surface area (Å²) in [4.78, 5) is 1.60. The summed E-state index contributed by atoms with van der Waals surface area (Å²) in [7, 11) is 0. The first-order valence-electron chi connectivity index (χ1n) is 9.99. The van der Waals surface area contributed by atoms with Crippen LogP contribution in [-0.4, -0.2) is 42.5 Å². The van der Waals surface area contributed by atoms with E-state index in [0.717, 1.165) is 49.1 Å². The summed E-state index contributed by atoms with van der Waals surface area (Å²) in [6.45, 7) is 9.45. The SMILES string of the molecule is Cc1ccc(C[NH+]2CCN(/N=C/c3c(O)ccc4ccccc34)CC2)c(C)c1. The molecule has 3 aromatic rings. The third-order valence-electron chi connectivity index (χ3n) is 5.68. The van der Waals surface area contributed by atoms with Crippen molar-refractivity contribution in [2.45, 2.75) is 20.4 Å². The van der Waals surface area contributed by atoms with Gasteiger partial charge in [0.2, 0.25) is 0 Å². The number of nitrogens with one attached hydrogen (secondary N) is 1. The molecular formula is C24H28N3O+. The van der Waals surface area contributed by atoms with Gasteiger partial charge in [-0.2, -0.15) is 5.10 Å². The van der Waals surface area contributed by atoms with E-state index in [1.165, 1.54) is 16.7 Å². The number of piperazine rings is 1. The first-order valence-corrected chi connectivity index (χ1v) is 9.99. The molecule has 1 saturated heterocycles. The van der Waals surface area contributed by atoms with E-state index in [0.29, 0.717) is 0 Å². The molecule has 0 spiro atoms. The molecule has 28 heavy (non-hydrogen) atoms. The van der Waals surface area contributed by atoms with Gasteiger partial charge < -0.3 is 10.0 Å². The maximum absolute atomic E-state index is 10.3. The van der Waals surface area contributed by atoms with Crippen molar-refractivity contribution >= 4 is 17.0 Å². The fraction of sp³-hybridized carbons (Fsp3) is 0.292. The summed E-state index contributed by atoms with van der Waals surface area (Å²) in [5.41, 5.74) is 4.95. The average Bonchev–Trinajstić information content (AvgIpc) is 2.70. The molecule has 0 aromatic heterocycles. The zero-order valence-electron chi connectivity index (χ0n) is 16.7. The maximum atomic E-state index is 10.3. The molecule has 0 bridgehead atoms. The van der Waals surface area contributed by atoms with Crippen LogP contribution >= 0.6 is 0 Å². The molecule has 0 aliphatic carbocycles. The minimum absolute atomic E-state index is 0.279. The Balaban J connectivity index is 1.40. The number of rotatable bonds is 4. The van der Waals surface area contributed by atoms with Crippen LogP contribution in [0.2, 0.25) is 0 Å². The first-order chi connectivity index (χ1) is 13.6. The highest BCUT2D eigenvalue weighted by atomic mass is 16.3. The molecule has 0 saturated carbocycles. The first kappa shape index (κ1) is 18.5. The smallest absolute Gasteiger partial charge is 0.125 e. The van der Waals surface area contributed by atoms with Crippen LogP contribution in [0.3, 0.4) is 0 Å². The zero-order valence-corrected chi connectivity index (χ0v) is 16.7. The summed E-state index contributed by atoms with van der Waals surface area (Å²) in [6.07, 6.45) is 1.81. The second kappa shape index (κ2) is 8.03. The molecule has 4 heteroatoms. The zero-order chi connectivity index (χ0) is 19.5. The van der Waals surface area contributed by atoms with E-state index in [2.05, 4.69) is 48.2 Å². The molecule has 144 valence electrons. The largest absolute Gasteiger partial charge is 0.507 e. The van der Waals surface area contributed by atoms with Crippen molar-refractivity contribution in [3.05, 3.63) is 76.9 Å². The van der Waals surface area contributed by atoms with Crippen LogP contribution in [0.1, 0.15) is 22.3 Å². The number of nitrogens with zero attached hydrogens (tertiary/aromatic N) is 2. The number of phenols is 1. The summed E-state index contributed by atoms with van der Waals surface area (Å²) in [6, 6.07) is 18.5. The van der Waals surface area contributed by atoms with E-state index in [4.69, 9.17) is 0 Å². The molecule has 4 rings (SSSR count). The molecule has 1 heterocycles. The van der Waals surface area contributed by atoms with E-state index in [1.54, 1.807) is 11.0 Å². The predicted molar refractivity (Wildman–Crippen MR) is 115 cm³/mol. The topological polar surface area (TPSA) is 40.3 Å². The van der Waals surface area contributed by atoms with Crippen molar-refractivity contribution in [2.75, 3.05) is 26.2 Å². The van der Waals surface area contributed by atoms with Gasteiger partial charge in [0.15, 0.2) is 0 Å². The number of phenolic OH excluding ortho intramolecular Hbond substituents is 1. The molecule has 0 unspecified atom stereocenters. The van der Waals surface area contributed by atoms with E-state index in [1.807, 2.05) is 30.5 Å². The maximum Gasteiger partial charge on any atom is 0.125 e. The van der Waals surface area contributed by atoms with Gasteiger partial charge in [-0.3, -0.25) is 5.01 Å². The van der Waals surface area contributed by atoms with Crippen molar-refractivity contribution in [3.63, 3.8) is 0 Å². The number of quaternary nitrogens is 1. The number of aryl methyl sites for hydroxylation is 2. The Morgan fingerprint density at radius 3 is 2.61 bits per heavy atom. The Bertz CT molecular complexity index is 1000. The third kappa shape index (κ3) is 4.02. The number of hydrogen-bond acceptors (Lipinski definition) is 3. The van der Waals surface area contributed by atoms with Gasteiger partial charge in [-0.05, 0) is 36.2 Å².